The minimum atomic E-state index is -0.601. The summed E-state index contributed by atoms with van der Waals surface area (Å²) in [6, 6.07) is 15.3. The number of nitrogens with one attached hydrogen (secondary N) is 1. The Hall–Kier alpha value is -2.88. The summed E-state index contributed by atoms with van der Waals surface area (Å²) in [4.78, 5) is 27.4. The highest BCUT2D eigenvalue weighted by molar-refractivity contribution is 5.98. The highest BCUT2D eigenvalue weighted by Crippen LogP contribution is 2.25. The van der Waals surface area contributed by atoms with Crippen molar-refractivity contribution in [2.45, 2.75) is 6.92 Å². The molecule has 0 unspecified atom stereocenters. The van der Waals surface area contributed by atoms with Crippen LogP contribution in [0.5, 0.6) is 0 Å². The van der Waals surface area contributed by atoms with Gasteiger partial charge in [0.05, 0.1) is 12.1 Å². The molecule has 4 nitrogen and oxygen atoms in total. The van der Waals surface area contributed by atoms with Crippen LogP contribution in [0, 0.1) is 0 Å². The maximum absolute atomic E-state index is 12.5. The zero-order chi connectivity index (χ0) is 15.5. The lowest BCUT2D eigenvalue weighted by atomic mass is 10.0. The topological polar surface area (TPSA) is 59.2 Å². The molecule has 22 heavy (non-hydrogen) atoms. The van der Waals surface area contributed by atoms with Gasteiger partial charge in [-0.1, -0.05) is 42.5 Å². The van der Waals surface area contributed by atoms with Crippen LogP contribution in [-0.2, 0) is 4.74 Å². The molecule has 0 aliphatic heterocycles. The minimum absolute atomic E-state index is 0.0274. The molecule has 1 heterocycles. The molecular formula is C18H15NO3. The third-order valence-corrected chi connectivity index (χ3v) is 3.49. The van der Waals surface area contributed by atoms with E-state index in [-0.39, 0.29) is 17.6 Å². The number of esters is 1. The summed E-state index contributed by atoms with van der Waals surface area (Å²) in [6.07, 6.45) is 1.43. The zero-order valence-electron chi connectivity index (χ0n) is 12.1. The number of carbonyl (C=O) groups excluding carboxylic acids is 1. The Balaban J connectivity index is 2.22. The van der Waals surface area contributed by atoms with Crippen molar-refractivity contribution >= 4 is 16.9 Å². The summed E-state index contributed by atoms with van der Waals surface area (Å²) in [7, 11) is 0. The first-order valence-corrected chi connectivity index (χ1v) is 7.09. The number of rotatable bonds is 3. The Labute approximate surface area is 127 Å². The minimum Gasteiger partial charge on any atom is -0.462 e. The van der Waals surface area contributed by atoms with E-state index >= 15 is 0 Å². The summed E-state index contributed by atoms with van der Waals surface area (Å²) in [5.74, 6) is -0.601. The number of para-hydroxylation sites is 1. The van der Waals surface area contributed by atoms with E-state index in [0.717, 1.165) is 11.1 Å². The van der Waals surface area contributed by atoms with Crippen LogP contribution in [0.1, 0.15) is 17.3 Å². The number of aromatic amines is 1. The van der Waals surface area contributed by atoms with Crippen LogP contribution in [0.25, 0.3) is 22.0 Å². The van der Waals surface area contributed by atoms with E-state index in [1.54, 1.807) is 13.0 Å². The fourth-order valence-electron chi connectivity index (χ4n) is 2.47. The maximum Gasteiger partial charge on any atom is 0.343 e. The molecule has 0 bridgehead atoms. The van der Waals surface area contributed by atoms with Gasteiger partial charge >= 0.3 is 5.97 Å². The van der Waals surface area contributed by atoms with Gasteiger partial charge in [-0.3, -0.25) is 4.79 Å². The van der Waals surface area contributed by atoms with Crippen molar-refractivity contribution in [1.82, 2.24) is 4.98 Å². The van der Waals surface area contributed by atoms with Crippen molar-refractivity contribution in [2.75, 3.05) is 6.61 Å². The second-order valence-corrected chi connectivity index (χ2v) is 4.85. The largest absolute Gasteiger partial charge is 0.462 e. The molecule has 0 amide bonds. The van der Waals surface area contributed by atoms with Gasteiger partial charge in [-0.15, -0.1) is 0 Å². The first-order valence-electron chi connectivity index (χ1n) is 7.09. The van der Waals surface area contributed by atoms with Crippen LogP contribution in [0.3, 0.4) is 0 Å². The summed E-state index contributed by atoms with van der Waals surface area (Å²) in [5, 5.41) is 0.479. The fourth-order valence-corrected chi connectivity index (χ4v) is 2.47. The molecule has 4 heteroatoms. The Morgan fingerprint density at radius 1 is 1.09 bits per heavy atom. The van der Waals surface area contributed by atoms with Gasteiger partial charge in [-0.2, -0.15) is 0 Å². The van der Waals surface area contributed by atoms with Crippen molar-refractivity contribution < 1.29 is 9.53 Å². The molecular weight excluding hydrogens is 278 g/mol. The number of pyridine rings is 1. The normalized spacial score (nSPS) is 10.6. The fraction of sp³-hybridized carbons (Fsp3) is 0.111. The summed E-state index contributed by atoms with van der Waals surface area (Å²) >= 11 is 0. The summed E-state index contributed by atoms with van der Waals surface area (Å²) < 4.78 is 4.91. The molecule has 2 aromatic carbocycles. The van der Waals surface area contributed by atoms with Crippen LogP contribution < -0.4 is 5.43 Å². The highest BCUT2D eigenvalue weighted by atomic mass is 16.5. The zero-order valence-corrected chi connectivity index (χ0v) is 12.1. The van der Waals surface area contributed by atoms with Gasteiger partial charge in [-0.05, 0) is 18.6 Å². The van der Waals surface area contributed by atoms with Gasteiger partial charge in [0, 0.05) is 17.1 Å². The van der Waals surface area contributed by atoms with Crippen LogP contribution >= 0.6 is 0 Å². The van der Waals surface area contributed by atoms with Crippen molar-refractivity contribution in [2.24, 2.45) is 0 Å². The van der Waals surface area contributed by atoms with E-state index in [1.807, 2.05) is 42.5 Å². The van der Waals surface area contributed by atoms with Crippen LogP contribution in [0.15, 0.2) is 59.5 Å². The van der Waals surface area contributed by atoms with E-state index in [4.69, 9.17) is 4.74 Å². The number of H-pyrrole nitrogens is 1. The average Bonchev–Trinajstić information content (AvgIpc) is 2.56. The quantitative estimate of drug-likeness (QED) is 0.753. The van der Waals surface area contributed by atoms with Gasteiger partial charge in [0.25, 0.3) is 0 Å². The Morgan fingerprint density at radius 3 is 2.59 bits per heavy atom. The highest BCUT2D eigenvalue weighted by Gasteiger charge is 2.15. The van der Waals surface area contributed by atoms with Gasteiger partial charge in [0.2, 0.25) is 5.43 Å². The first kappa shape index (κ1) is 14.1. The molecule has 0 aliphatic rings. The monoisotopic (exact) mass is 293 g/mol. The Bertz CT molecular complexity index is 882. The molecule has 0 saturated heterocycles. The second-order valence-electron chi connectivity index (χ2n) is 4.85. The molecule has 0 fully saturated rings. The van der Waals surface area contributed by atoms with Gasteiger partial charge in [0.1, 0.15) is 5.56 Å². The van der Waals surface area contributed by atoms with Crippen LogP contribution in [0.2, 0.25) is 0 Å². The maximum atomic E-state index is 12.5. The summed E-state index contributed by atoms with van der Waals surface area (Å²) in [6.45, 7) is 1.95. The van der Waals surface area contributed by atoms with Crippen LogP contribution in [-0.4, -0.2) is 17.6 Å². The van der Waals surface area contributed by atoms with Crippen molar-refractivity contribution in [1.29, 1.82) is 0 Å². The standard InChI is InChI=1S/C18H15NO3/c1-2-22-18(21)15-11-19-16-13(12-7-4-3-5-8-12)9-6-10-14(16)17(15)20/h3-11H,2H2,1H3,(H,19,20). The number of fused-ring (bicyclic) bond motifs is 1. The molecule has 0 atom stereocenters. The lowest BCUT2D eigenvalue weighted by molar-refractivity contribution is 0.0524. The lowest BCUT2D eigenvalue weighted by Crippen LogP contribution is -2.18. The van der Waals surface area contributed by atoms with Gasteiger partial charge in [-0.25, -0.2) is 4.79 Å². The predicted octanol–water partition coefficient (Wildman–Crippen LogP) is 3.37. The Morgan fingerprint density at radius 2 is 1.86 bits per heavy atom. The number of hydrogen-bond donors (Lipinski definition) is 1. The van der Waals surface area contributed by atoms with Crippen LogP contribution in [0.4, 0.5) is 0 Å². The number of hydrogen-bond acceptors (Lipinski definition) is 3. The molecule has 110 valence electrons. The molecule has 3 rings (SSSR count). The SMILES string of the molecule is CCOC(=O)c1c[nH]c2c(-c3ccccc3)cccc2c1=O. The van der Waals surface area contributed by atoms with E-state index in [9.17, 15) is 9.59 Å². The van der Waals surface area contributed by atoms with Crippen molar-refractivity contribution in [3.63, 3.8) is 0 Å². The molecule has 0 saturated carbocycles. The molecule has 0 aliphatic carbocycles. The molecule has 1 N–H and O–H groups in total. The van der Waals surface area contributed by atoms with E-state index < -0.39 is 5.97 Å². The average molecular weight is 293 g/mol. The van der Waals surface area contributed by atoms with E-state index in [1.165, 1.54) is 6.20 Å². The van der Waals surface area contributed by atoms with Crippen molar-refractivity contribution in [3.05, 3.63) is 70.5 Å². The van der Waals surface area contributed by atoms with E-state index in [2.05, 4.69) is 4.98 Å². The second kappa shape index (κ2) is 5.85. The molecule has 3 aromatic rings. The molecule has 0 radical (unpaired) electrons. The number of aromatic nitrogens is 1. The van der Waals surface area contributed by atoms with Crippen molar-refractivity contribution in [3.8, 4) is 11.1 Å². The smallest absolute Gasteiger partial charge is 0.343 e. The number of benzene rings is 2. The van der Waals surface area contributed by atoms with Gasteiger partial charge < -0.3 is 9.72 Å². The molecule has 0 spiro atoms. The predicted molar refractivity (Wildman–Crippen MR) is 86.0 cm³/mol. The lowest BCUT2D eigenvalue weighted by Gasteiger charge is -2.08. The third-order valence-electron chi connectivity index (χ3n) is 3.49. The third kappa shape index (κ3) is 2.39. The summed E-state index contributed by atoms with van der Waals surface area (Å²) in [5.41, 5.74) is 2.36. The Kier molecular flexibility index (Phi) is 3.74. The number of carbonyl (C=O) groups is 1. The molecule has 1 aromatic heterocycles. The van der Waals surface area contributed by atoms with E-state index in [0.29, 0.717) is 10.9 Å². The first-order chi connectivity index (χ1) is 10.7. The van der Waals surface area contributed by atoms with Gasteiger partial charge in [0.15, 0.2) is 0 Å². The number of ether oxygens (including phenoxy) is 1.